The van der Waals surface area contributed by atoms with Crippen LogP contribution in [0.25, 0.3) is 0 Å². The summed E-state index contributed by atoms with van der Waals surface area (Å²) in [5, 5.41) is 2.80. The highest BCUT2D eigenvalue weighted by molar-refractivity contribution is 5.94. The number of rotatable bonds is 3. The summed E-state index contributed by atoms with van der Waals surface area (Å²) in [6.45, 7) is 7.59. The van der Waals surface area contributed by atoms with Crippen LogP contribution in [0, 0.1) is 17.2 Å². The van der Waals surface area contributed by atoms with Gasteiger partial charge in [-0.15, -0.1) is 0 Å². The van der Waals surface area contributed by atoms with Gasteiger partial charge in [-0.1, -0.05) is 20.8 Å². The van der Waals surface area contributed by atoms with Gasteiger partial charge in [0.1, 0.15) is 0 Å². The second kappa shape index (κ2) is 5.87. The average molecular weight is 280 g/mol. The fraction of sp³-hybridized carbons (Fsp3) is 0.600. The first kappa shape index (κ1) is 14.9. The Balaban J connectivity index is 1.95. The van der Waals surface area contributed by atoms with E-state index in [2.05, 4.69) is 31.1 Å². The van der Waals surface area contributed by atoms with Crippen molar-refractivity contribution in [3.63, 3.8) is 0 Å². The standard InChI is InChI=1S/C15H21FN2O2/c1-15(2,3)13-10(5-7-20-13)8-18-14(19)11-4-6-17-9-12(11)16/h4,6,9-10,13H,5,7-8H2,1-3H3,(H,18,19)/t10-,13+/m1/s1. The molecule has 1 aromatic rings. The molecule has 0 unspecified atom stereocenters. The van der Waals surface area contributed by atoms with Crippen molar-refractivity contribution in [1.82, 2.24) is 10.3 Å². The lowest BCUT2D eigenvalue weighted by Crippen LogP contribution is -2.38. The number of nitrogens with zero attached hydrogens (tertiary/aromatic N) is 1. The molecule has 0 saturated carbocycles. The predicted molar refractivity (Wildman–Crippen MR) is 73.8 cm³/mol. The molecule has 0 radical (unpaired) electrons. The molecule has 1 N–H and O–H groups in total. The van der Waals surface area contributed by atoms with Crippen LogP contribution < -0.4 is 5.32 Å². The smallest absolute Gasteiger partial charge is 0.254 e. The van der Waals surface area contributed by atoms with Gasteiger partial charge < -0.3 is 10.1 Å². The lowest BCUT2D eigenvalue weighted by atomic mass is 9.81. The number of aromatic nitrogens is 1. The number of hydrogen-bond acceptors (Lipinski definition) is 3. The van der Waals surface area contributed by atoms with Crippen LogP contribution in [0.2, 0.25) is 0 Å². The molecule has 2 heterocycles. The third kappa shape index (κ3) is 3.33. The van der Waals surface area contributed by atoms with Crippen LogP contribution in [0.5, 0.6) is 0 Å². The zero-order valence-corrected chi connectivity index (χ0v) is 12.1. The molecule has 1 aliphatic rings. The molecular weight excluding hydrogens is 259 g/mol. The maximum absolute atomic E-state index is 13.5. The van der Waals surface area contributed by atoms with E-state index in [1.54, 1.807) is 0 Å². The van der Waals surface area contributed by atoms with E-state index < -0.39 is 11.7 Å². The van der Waals surface area contributed by atoms with E-state index in [4.69, 9.17) is 4.74 Å². The van der Waals surface area contributed by atoms with E-state index in [-0.39, 0.29) is 23.0 Å². The van der Waals surface area contributed by atoms with E-state index in [1.807, 2.05) is 0 Å². The Morgan fingerprint density at radius 3 is 2.95 bits per heavy atom. The van der Waals surface area contributed by atoms with Crippen LogP contribution >= 0.6 is 0 Å². The quantitative estimate of drug-likeness (QED) is 0.925. The van der Waals surface area contributed by atoms with Crippen molar-refractivity contribution in [3.05, 3.63) is 29.8 Å². The van der Waals surface area contributed by atoms with E-state index in [1.165, 1.54) is 12.3 Å². The predicted octanol–water partition coefficient (Wildman–Crippen LogP) is 2.40. The summed E-state index contributed by atoms with van der Waals surface area (Å²) in [6, 6.07) is 1.39. The summed E-state index contributed by atoms with van der Waals surface area (Å²) in [4.78, 5) is 15.6. The molecule has 2 rings (SSSR count). The maximum Gasteiger partial charge on any atom is 0.254 e. The summed E-state index contributed by atoms with van der Waals surface area (Å²) in [5.41, 5.74) is 0.0691. The van der Waals surface area contributed by atoms with Crippen molar-refractivity contribution in [3.8, 4) is 0 Å². The van der Waals surface area contributed by atoms with Gasteiger partial charge in [-0.25, -0.2) is 4.39 Å². The first-order valence-electron chi connectivity index (χ1n) is 6.89. The van der Waals surface area contributed by atoms with Gasteiger partial charge in [0, 0.05) is 25.3 Å². The van der Waals surface area contributed by atoms with Gasteiger partial charge in [0.05, 0.1) is 17.9 Å². The highest BCUT2D eigenvalue weighted by Gasteiger charge is 2.37. The number of pyridine rings is 1. The SMILES string of the molecule is CC(C)(C)[C@H]1OCC[C@@H]1CNC(=O)c1ccncc1F. The Bertz CT molecular complexity index is 485. The molecule has 0 aliphatic carbocycles. The molecule has 1 fully saturated rings. The third-order valence-electron chi connectivity index (χ3n) is 3.61. The molecule has 0 spiro atoms. The van der Waals surface area contributed by atoms with Crippen molar-refractivity contribution < 1.29 is 13.9 Å². The minimum atomic E-state index is -0.597. The van der Waals surface area contributed by atoms with Crippen LogP contribution in [-0.4, -0.2) is 30.1 Å². The summed E-state index contributed by atoms with van der Waals surface area (Å²) in [5.74, 6) is -0.728. The zero-order valence-electron chi connectivity index (χ0n) is 12.1. The van der Waals surface area contributed by atoms with Crippen LogP contribution in [0.3, 0.4) is 0 Å². The largest absolute Gasteiger partial charge is 0.377 e. The van der Waals surface area contributed by atoms with Crippen LogP contribution in [0.15, 0.2) is 18.5 Å². The summed E-state index contributed by atoms with van der Waals surface area (Å²) >= 11 is 0. The summed E-state index contributed by atoms with van der Waals surface area (Å²) < 4.78 is 19.2. The van der Waals surface area contributed by atoms with Gasteiger partial charge in [-0.05, 0) is 17.9 Å². The normalized spacial score (nSPS) is 22.8. The minimum Gasteiger partial charge on any atom is -0.377 e. The minimum absolute atomic E-state index is 0.0335. The number of hydrogen-bond donors (Lipinski definition) is 1. The van der Waals surface area contributed by atoms with Crippen molar-refractivity contribution in [2.45, 2.75) is 33.3 Å². The van der Waals surface area contributed by atoms with Crippen molar-refractivity contribution >= 4 is 5.91 Å². The first-order valence-corrected chi connectivity index (χ1v) is 6.89. The maximum atomic E-state index is 13.5. The lowest BCUT2D eigenvalue weighted by molar-refractivity contribution is 0.00736. The average Bonchev–Trinajstić information content (AvgIpc) is 2.84. The van der Waals surface area contributed by atoms with Gasteiger partial charge in [-0.3, -0.25) is 9.78 Å². The summed E-state index contributed by atoms with van der Waals surface area (Å²) in [6.07, 6.45) is 3.49. The van der Waals surface area contributed by atoms with Crippen LogP contribution in [-0.2, 0) is 4.74 Å². The van der Waals surface area contributed by atoms with Gasteiger partial charge in [0.2, 0.25) is 0 Å². The Morgan fingerprint density at radius 2 is 2.30 bits per heavy atom. The molecule has 5 heteroatoms. The van der Waals surface area contributed by atoms with Gasteiger partial charge in [0.25, 0.3) is 5.91 Å². The fourth-order valence-corrected chi connectivity index (χ4v) is 2.68. The zero-order chi connectivity index (χ0) is 14.8. The van der Waals surface area contributed by atoms with E-state index in [9.17, 15) is 9.18 Å². The Morgan fingerprint density at radius 1 is 1.55 bits per heavy atom. The molecule has 1 saturated heterocycles. The van der Waals surface area contributed by atoms with Gasteiger partial charge >= 0.3 is 0 Å². The molecule has 20 heavy (non-hydrogen) atoms. The molecule has 1 amide bonds. The molecule has 2 atom stereocenters. The second-order valence-electron chi connectivity index (χ2n) is 6.27. The highest BCUT2D eigenvalue weighted by Crippen LogP contribution is 2.34. The topological polar surface area (TPSA) is 51.2 Å². The number of halogens is 1. The first-order chi connectivity index (χ1) is 9.39. The second-order valence-corrected chi connectivity index (χ2v) is 6.27. The lowest BCUT2D eigenvalue weighted by Gasteiger charge is -2.31. The monoisotopic (exact) mass is 280 g/mol. The van der Waals surface area contributed by atoms with E-state index >= 15 is 0 Å². The highest BCUT2D eigenvalue weighted by atomic mass is 19.1. The molecule has 1 aromatic heterocycles. The molecule has 1 aliphatic heterocycles. The summed E-state index contributed by atoms with van der Waals surface area (Å²) in [7, 11) is 0. The van der Waals surface area contributed by atoms with Crippen molar-refractivity contribution in [2.75, 3.05) is 13.2 Å². The van der Waals surface area contributed by atoms with Crippen LogP contribution in [0.4, 0.5) is 4.39 Å². The molecule has 110 valence electrons. The van der Waals surface area contributed by atoms with Gasteiger partial charge in [-0.2, -0.15) is 0 Å². The molecule has 4 nitrogen and oxygen atoms in total. The molecule has 0 aromatic carbocycles. The Kier molecular flexibility index (Phi) is 4.38. The Hall–Kier alpha value is -1.49. The van der Waals surface area contributed by atoms with Crippen molar-refractivity contribution in [1.29, 1.82) is 0 Å². The number of carbonyl (C=O) groups excluding carboxylic acids is 1. The number of nitrogens with one attached hydrogen (secondary N) is 1. The van der Waals surface area contributed by atoms with Crippen molar-refractivity contribution in [2.24, 2.45) is 11.3 Å². The number of ether oxygens (including phenoxy) is 1. The number of amides is 1. The number of carbonyl (C=O) groups is 1. The fourth-order valence-electron chi connectivity index (χ4n) is 2.68. The van der Waals surface area contributed by atoms with E-state index in [0.29, 0.717) is 13.2 Å². The Labute approximate surface area is 118 Å². The van der Waals surface area contributed by atoms with Gasteiger partial charge in [0.15, 0.2) is 5.82 Å². The van der Waals surface area contributed by atoms with Crippen LogP contribution in [0.1, 0.15) is 37.6 Å². The molecule has 0 bridgehead atoms. The molecular formula is C15H21FN2O2. The third-order valence-corrected chi connectivity index (χ3v) is 3.61. The van der Waals surface area contributed by atoms with E-state index in [0.717, 1.165) is 12.6 Å².